The number of aliphatic carboxylic acids is 2. The van der Waals surface area contributed by atoms with Gasteiger partial charge in [-0.3, -0.25) is 19.2 Å². The van der Waals surface area contributed by atoms with Crippen LogP contribution in [0.4, 0.5) is 0 Å². The van der Waals surface area contributed by atoms with Crippen LogP contribution in [0.25, 0.3) is 0 Å². The first kappa shape index (κ1) is 19.2. The Morgan fingerprint density at radius 3 is 2.29 bits per heavy atom. The zero-order chi connectivity index (χ0) is 16.6. The number of carboxylic acid groups (broad SMARTS) is 2. The Labute approximate surface area is 126 Å². The summed E-state index contributed by atoms with van der Waals surface area (Å²) in [5.41, 5.74) is 5.26. The van der Waals surface area contributed by atoms with Crippen LogP contribution in [-0.4, -0.2) is 70.3 Å². The van der Waals surface area contributed by atoms with Crippen molar-refractivity contribution in [2.24, 2.45) is 5.73 Å². The third kappa shape index (κ3) is 7.51. The van der Waals surface area contributed by atoms with Crippen molar-refractivity contribution in [1.29, 1.82) is 0 Å². The summed E-state index contributed by atoms with van der Waals surface area (Å²) < 4.78 is 0. The summed E-state index contributed by atoms with van der Waals surface area (Å²) in [6, 6.07) is -2.14. The summed E-state index contributed by atoms with van der Waals surface area (Å²) in [4.78, 5) is 45.5. The molecule has 21 heavy (non-hydrogen) atoms. The number of nitrogens with one attached hydrogen (secondary N) is 1. The second-order valence-corrected chi connectivity index (χ2v) is 4.74. The molecule has 0 radical (unpaired) electrons. The van der Waals surface area contributed by atoms with Crippen molar-refractivity contribution in [3.05, 3.63) is 0 Å². The average molecular weight is 321 g/mol. The molecular formula is C11H19N3O6S. The first-order valence-electron chi connectivity index (χ1n) is 6.04. The van der Waals surface area contributed by atoms with Crippen LogP contribution in [0.15, 0.2) is 0 Å². The summed E-state index contributed by atoms with van der Waals surface area (Å²) in [6.45, 7) is -0.497. The molecule has 0 fully saturated rings. The number of carbonyl (C=O) groups is 4. The van der Waals surface area contributed by atoms with Crippen molar-refractivity contribution in [3.63, 3.8) is 0 Å². The molecule has 0 spiro atoms. The molecule has 2 atom stereocenters. The fourth-order valence-corrected chi connectivity index (χ4v) is 1.66. The SMILES string of the molecule is CN(CC(=O)O)C(=O)C(CS)NC(=O)CCC(N)C(=O)O. The van der Waals surface area contributed by atoms with E-state index in [1.807, 2.05) is 0 Å². The molecule has 2 unspecified atom stereocenters. The Hall–Kier alpha value is -1.81. The third-order valence-corrected chi connectivity index (χ3v) is 2.93. The predicted molar refractivity (Wildman–Crippen MR) is 75.9 cm³/mol. The minimum Gasteiger partial charge on any atom is -0.480 e. The van der Waals surface area contributed by atoms with Crippen molar-refractivity contribution in [3.8, 4) is 0 Å². The first-order valence-corrected chi connectivity index (χ1v) is 6.67. The topological polar surface area (TPSA) is 150 Å². The van der Waals surface area contributed by atoms with Crippen molar-refractivity contribution in [2.45, 2.75) is 24.9 Å². The molecule has 9 nitrogen and oxygen atoms in total. The maximum absolute atomic E-state index is 11.9. The van der Waals surface area contributed by atoms with E-state index in [-0.39, 0.29) is 18.6 Å². The maximum Gasteiger partial charge on any atom is 0.323 e. The van der Waals surface area contributed by atoms with Crippen LogP contribution < -0.4 is 11.1 Å². The lowest BCUT2D eigenvalue weighted by Crippen LogP contribution is -2.49. The summed E-state index contributed by atoms with van der Waals surface area (Å²) in [5, 5.41) is 19.5. The number of hydrogen-bond donors (Lipinski definition) is 5. The number of likely N-dealkylation sites (N-methyl/N-ethyl adjacent to an activating group) is 1. The molecule has 0 rings (SSSR count). The largest absolute Gasteiger partial charge is 0.480 e. The van der Waals surface area contributed by atoms with Crippen molar-refractivity contribution >= 4 is 36.4 Å². The fourth-order valence-electron chi connectivity index (χ4n) is 1.41. The molecule has 0 aliphatic heterocycles. The van der Waals surface area contributed by atoms with Gasteiger partial charge in [-0.25, -0.2) is 0 Å². The van der Waals surface area contributed by atoms with Gasteiger partial charge in [0, 0.05) is 19.2 Å². The molecular weight excluding hydrogens is 302 g/mol. The van der Waals surface area contributed by atoms with E-state index in [0.29, 0.717) is 0 Å². The molecule has 5 N–H and O–H groups in total. The molecule has 0 aliphatic carbocycles. The van der Waals surface area contributed by atoms with Crippen LogP contribution in [0.2, 0.25) is 0 Å². The molecule has 0 saturated carbocycles. The van der Waals surface area contributed by atoms with Crippen LogP contribution >= 0.6 is 12.6 Å². The van der Waals surface area contributed by atoms with E-state index >= 15 is 0 Å². The lowest BCUT2D eigenvalue weighted by molar-refractivity contribution is -0.144. The van der Waals surface area contributed by atoms with Crippen LogP contribution in [0, 0.1) is 0 Å². The highest BCUT2D eigenvalue weighted by molar-refractivity contribution is 7.80. The minimum atomic E-state index is -1.22. The van der Waals surface area contributed by atoms with Gasteiger partial charge in [-0.15, -0.1) is 0 Å². The maximum atomic E-state index is 11.9. The Balaban J connectivity index is 4.42. The number of nitrogens with zero attached hydrogens (tertiary/aromatic N) is 1. The van der Waals surface area contributed by atoms with Gasteiger partial charge < -0.3 is 26.2 Å². The monoisotopic (exact) mass is 321 g/mol. The van der Waals surface area contributed by atoms with E-state index in [4.69, 9.17) is 15.9 Å². The standard InChI is InChI=1S/C11H19N3O6S/c1-14(4-9(16)17)10(18)7(5-21)13-8(15)3-2-6(12)11(19)20/h6-7,21H,2-5,12H2,1H3,(H,13,15)(H,16,17)(H,19,20). The summed E-state index contributed by atoms with van der Waals surface area (Å²) in [6.07, 6.45) is -0.229. The highest BCUT2D eigenvalue weighted by Crippen LogP contribution is 2.00. The zero-order valence-electron chi connectivity index (χ0n) is 11.5. The Morgan fingerprint density at radius 2 is 1.86 bits per heavy atom. The minimum absolute atomic E-state index is 0.0144. The number of carboxylic acids is 2. The third-order valence-electron chi connectivity index (χ3n) is 2.56. The smallest absolute Gasteiger partial charge is 0.323 e. The second kappa shape index (κ2) is 9.19. The first-order chi connectivity index (χ1) is 9.68. The van der Waals surface area contributed by atoms with Crippen molar-refractivity contribution in [1.82, 2.24) is 10.2 Å². The lowest BCUT2D eigenvalue weighted by atomic mass is 10.1. The van der Waals surface area contributed by atoms with Gasteiger partial charge in [0.15, 0.2) is 0 Å². The molecule has 0 saturated heterocycles. The highest BCUT2D eigenvalue weighted by atomic mass is 32.1. The molecule has 0 aliphatic rings. The van der Waals surface area contributed by atoms with Gasteiger partial charge in [-0.2, -0.15) is 12.6 Å². The zero-order valence-corrected chi connectivity index (χ0v) is 12.4. The molecule has 0 aromatic carbocycles. The van der Waals surface area contributed by atoms with Crippen LogP contribution in [-0.2, 0) is 19.2 Å². The Bertz CT molecular complexity index is 417. The van der Waals surface area contributed by atoms with Gasteiger partial charge >= 0.3 is 11.9 Å². The van der Waals surface area contributed by atoms with Crippen molar-refractivity contribution in [2.75, 3.05) is 19.3 Å². The van der Waals surface area contributed by atoms with E-state index in [9.17, 15) is 19.2 Å². The van der Waals surface area contributed by atoms with Gasteiger partial charge in [0.1, 0.15) is 18.6 Å². The normalized spacial score (nSPS) is 13.1. The number of amides is 2. The van der Waals surface area contributed by atoms with Gasteiger partial charge in [0.05, 0.1) is 0 Å². The van der Waals surface area contributed by atoms with E-state index in [1.54, 1.807) is 0 Å². The molecule has 0 aromatic heterocycles. The molecule has 0 aromatic rings. The van der Waals surface area contributed by atoms with E-state index in [1.165, 1.54) is 7.05 Å². The van der Waals surface area contributed by atoms with E-state index < -0.39 is 42.4 Å². The number of thiol groups is 1. The Morgan fingerprint density at radius 1 is 1.29 bits per heavy atom. The predicted octanol–water partition coefficient (Wildman–Crippen LogP) is -1.86. The van der Waals surface area contributed by atoms with Gasteiger partial charge in [-0.1, -0.05) is 0 Å². The lowest BCUT2D eigenvalue weighted by Gasteiger charge is -2.22. The molecule has 0 heterocycles. The quantitative estimate of drug-likeness (QED) is 0.312. The molecule has 10 heteroatoms. The summed E-state index contributed by atoms with van der Waals surface area (Å²) in [5.74, 6) is -3.56. The van der Waals surface area contributed by atoms with Gasteiger partial charge in [-0.05, 0) is 6.42 Å². The Kier molecular flexibility index (Phi) is 8.39. The van der Waals surface area contributed by atoms with E-state index in [0.717, 1.165) is 4.90 Å². The van der Waals surface area contributed by atoms with Gasteiger partial charge in [0.25, 0.3) is 0 Å². The number of rotatable bonds is 9. The highest BCUT2D eigenvalue weighted by Gasteiger charge is 2.24. The summed E-state index contributed by atoms with van der Waals surface area (Å²) in [7, 11) is 1.29. The summed E-state index contributed by atoms with van der Waals surface area (Å²) >= 11 is 3.93. The van der Waals surface area contributed by atoms with Crippen molar-refractivity contribution < 1.29 is 29.4 Å². The number of carbonyl (C=O) groups excluding carboxylic acids is 2. The van der Waals surface area contributed by atoms with Gasteiger partial charge in [0.2, 0.25) is 11.8 Å². The molecule has 0 bridgehead atoms. The van der Waals surface area contributed by atoms with E-state index in [2.05, 4.69) is 17.9 Å². The molecule has 2 amide bonds. The number of hydrogen-bond acceptors (Lipinski definition) is 6. The van der Waals surface area contributed by atoms with Crippen LogP contribution in [0.5, 0.6) is 0 Å². The fraction of sp³-hybridized carbons (Fsp3) is 0.636. The van der Waals surface area contributed by atoms with Crippen LogP contribution in [0.3, 0.4) is 0 Å². The molecule has 120 valence electrons. The second-order valence-electron chi connectivity index (χ2n) is 4.37. The average Bonchev–Trinajstić information content (AvgIpc) is 2.40. The number of nitrogens with two attached hydrogens (primary N) is 1. The van der Waals surface area contributed by atoms with Crippen LogP contribution in [0.1, 0.15) is 12.8 Å².